The summed E-state index contributed by atoms with van der Waals surface area (Å²) in [5, 5.41) is 14.3. The smallest absolute Gasteiger partial charge is 0.311 e. The summed E-state index contributed by atoms with van der Waals surface area (Å²) in [7, 11) is 1.86. The highest BCUT2D eigenvalue weighted by Gasteiger charge is 2.18. The SMILES string of the molecule is CCC(CCNC)Oc1cc(Cl)ccc1[N+](=O)[O-].Cl. The second-order valence-corrected chi connectivity index (χ2v) is 4.35. The predicted molar refractivity (Wildman–Crippen MR) is 78.6 cm³/mol. The molecule has 1 atom stereocenters. The highest BCUT2D eigenvalue weighted by molar-refractivity contribution is 6.30. The monoisotopic (exact) mass is 308 g/mol. The molecule has 0 spiro atoms. The minimum Gasteiger partial charge on any atom is -0.483 e. The van der Waals surface area contributed by atoms with Crippen LogP contribution < -0.4 is 10.1 Å². The van der Waals surface area contributed by atoms with Gasteiger partial charge in [-0.1, -0.05) is 18.5 Å². The van der Waals surface area contributed by atoms with Gasteiger partial charge >= 0.3 is 5.69 Å². The zero-order valence-corrected chi connectivity index (χ0v) is 12.5. The Hall–Kier alpha value is -1.04. The van der Waals surface area contributed by atoms with Crippen molar-refractivity contribution in [3.63, 3.8) is 0 Å². The van der Waals surface area contributed by atoms with Gasteiger partial charge in [0.25, 0.3) is 0 Å². The lowest BCUT2D eigenvalue weighted by atomic mass is 10.2. The Bertz CT molecular complexity index is 416. The molecule has 0 heterocycles. The van der Waals surface area contributed by atoms with E-state index in [2.05, 4.69) is 5.32 Å². The predicted octanol–water partition coefficient (Wildman–Crippen LogP) is 3.44. The summed E-state index contributed by atoms with van der Waals surface area (Å²) in [6.07, 6.45) is 1.51. The van der Waals surface area contributed by atoms with Crippen LogP contribution in [0.15, 0.2) is 18.2 Å². The van der Waals surface area contributed by atoms with Gasteiger partial charge < -0.3 is 10.1 Å². The van der Waals surface area contributed by atoms with Crippen LogP contribution in [0.25, 0.3) is 0 Å². The number of hydrogen-bond donors (Lipinski definition) is 1. The fourth-order valence-electron chi connectivity index (χ4n) is 1.56. The van der Waals surface area contributed by atoms with E-state index in [4.69, 9.17) is 16.3 Å². The molecule has 1 rings (SSSR count). The maximum atomic E-state index is 10.9. The first-order valence-electron chi connectivity index (χ1n) is 5.83. The van der Waals surface area contributed by atoms with Crippen molar-refractivity contribution in [1.82, 2.24) is 5.32 Å². The van der Waals surface area contributed by atoms with Crippen LogP contribution in [0.1, 0.15) is 19.8 Å². The van der Waals surface area contributed by atoms with Gasteiger partial charge in [0.2, 0.25) is 0 Å². The minimum absolute atomic E-state index is 0. The van der Waals surface area contributed by atoms with E-state index >= 15 is 0 Å². The summed E-state index contributed by atoms with van der Waals surface area (Å²) < 4.78 is 5.67. The molecular weight excluding hydrogens is 291 g/mol. The largest absolute Gasteiger partial charge is 0.483 e. The van der Waals surface area contributed by atoms with Crippen LogP contribution in [-0.2, 0) is 0 Å². The van der Waals surface area contributed by atoms with Gasteiger partial charge in [-0.2, -0.15) is 0 Å². The van der Waals surface area contributed by atoms with E-state index < -0.39 is 4.92 Å². The van der Waals surface area contributed by atoms with Crippen LogP contribution in [-0.4, -0.2) is 24.6 Å². The fraction of sp³-hybridized carbons (Fsp3) is 0.500. The van der Waals surface area contributed by atoms with Crippen LogP contribution in [0.3, 0.4) is 0 Å². The lowest BCUT2D eigenvalue weighted by Crippen LogP contribution is -2.22. The Balaban J connectivity index is 0.00000324. The molecule has 0 radical (unpaired) electrons. The number of nitro groups is 1. The molecule has 0 bridgehead atoms. The summed E-state index contributed by atoms with van der Waals surface area (Å²) in [6.45, 7) is 2.78. The molecule has 0 amide bonds. The van der Waals surface area contributed by atoms with E-state index in [1.165, 1.54) is 18.2 Å². The van der Waals surface area contributed by atoms with Gasteiger partial charge in [0.05, 0.1) is 4.92 Å². The summed E-state index contributed by atoms with van der Waals surface area (Å²) in [5.74, 6) is 0.232. The zero-order valence-electron chi connectivity index (χ0n) is 10.9. The van der Waals surface area contributed by atoms with Crippen LogP contribution in [0.5, 0.6) is 5.75 Å². The lowest BCUT2D eigenvalue weighted by molar-refractivity contribution is -0.386. The van der Waals surface area contributed by atoms with Crippen molar-refractivity contribution >= 4 is 29.7 Å². The number of nitrogens with one attached hydrogen (secondary N) is 1. The van der Waals surface area contributed by atoms with Crippen molar-refractivity contribution in [2.45, 2.75) is 25.9 Å². The molecule has 0 aliphatic rings. The van der Waals surface area contributed by atoms with Crippen LogP contribution >= 0.6 is 24.0 Å². The maximum Gasteiger partial charge on any atom is 0.311 e. The van der Waals surface area contributed by atoms with Gasteiger partial charge in [0, 0.05) is 17.2 Å². The Morgan fingerprint density at radius 1 is 1.53 bits per heavy atom. The summed E-state index contributed by atoms with van der Waals surface area (Å²) >= 11 is 5.84. The summed E-state index contributed by atoms with van der Waals surface area (Å²) in [5.41, 5.74) is -0.0534. The normalized spacial score (nSPS) is 11.5. The van der Waals surface area contributed by atoms with Crippen molar-refractivity contribution in [1.29, 1.82) is 0 Å². The molecule has 0 aliphatic heterocycles. The van der Waals surface area contributed by atoms with Gasteiger partial charge in [-0.15, -0.1) is 12.4 Å². The second-order valence-electron chi connectivity index (χ2n) is 3.91. The van der Waals surface area contributed by atoms with E-state index in [-0.39, 0.29) is 29.9 Å². The highest BCUT2D eigenvalue weighted by Crippen LogP contribution is 2.31. The van der Waals surface area contributed by atoms with E-state index in [0.29, 0.717) is 5.02 Å². The van der Waals surface area contributed by atoms with E-state index in [0.717, 1.165) is 19.4 Å². The Kier molecular flexibility index (Phi) is 8.47. The number of nitrogens with zero attached hydrogens (tertiary/aromatic N) is 1. The Morgan fingerprint density at radius 2 is 2.21 bits per heavy atom. The molecule has 0 aromatic heterocycles. The Labute approximate surface area is 123 Å². The lowest BCUT2D eigenvalue weighted by Gasteiger charge is -2.17. The van der Waals surface area contributed by atoms with E-state index in [9.17, 15) is 10.1 Å². The average molecular weight is 309 g/mol. The minimum atomic E-state index is -0.462. The van der Waals surface area contributed by atoms with Crippen molar-refractivity contribution in [3.8, 4) is 5.75 Å². The topological polar surface area (TPSA) is 64.4 Å². The van der Waals surface area contributed by atoms with Gasteiger partial charge in [-0.25, -0.2) is 0 Å². The zero-order chi connectivity index (χ0) is 13.5. The number of nitro benzene ring substituents is 1. The molecule has 0 fully saturated rings. The molecular formula is C12H18Cl2N2O3. The number of rotatable bonds is 7. The maximum absolute atomic E-state index is 10.9. The fourth-order valence-corrected chi connectivity index (χ4v) is 1.73. The molecule has 0 aliphatic carbocycles. The van der Waals surface area contributed by atoms with Gasteiger partial charge in [0.1, 0.15) is 6.10 Å². The third kappa shape index (κ3) is 5.63. The summed E-state index contributed by atoms with van der Waals surface area (Å²) in [4.78, 5) is 10.4. The second kappa shape index (κ2) is 8.96. The van der Waals surface area contributed by atoms with Gasteiger partial charge in [-0.05, 0) is 32.5 Å². The van der Waals surface area contributed by atoms with Crippen molar-refractivity contribution < 1.29 is 9.66 Å². The standard InChI is InChI=1S/C12H17ClN2O3.ClH/c1-3-10(6-7-14-2)18-12-8-9(13)4-5-11(12)15(16)17;/h4-5,8,10,14H,3,6-7H2,1-2H3;1H. The van der Waals surface area contributed by atoms with Crippen molar-refractivity contribution in [2.24, 2.45) is 0 Å². The number of halogens is 2. The number of ether oxygens (including phenoxy) is 1. The molecule has 7 heteroatoms. The average Bonchev–Trinajstić information content (AvgIpc) is 2.34. The molecule has 108 valence electrons. The summed E-state index contributed by atoms with van der Waals surface area (Å²) in [6, 6.07) is 4.34. The van der Waals surface area contributed by atoms with Gasteiger partial charge in [-0.3, -0.25) is 10.1 Å². The molecule has 1 aromatic rings. The van der Waals surface area contributed by atoms with Crippen molar-refractivity contribution in [3.05, 3.63) is 33.3 Å². The molecule has 1 aromatic carbocycles. The third-order valence-electron chi connectivity index (χ3n) is 2.58. The van der Waals surface area contributed by atoms with E-state index in [1.54, 1.807) is 0 Å². The molecule has 0 saturated heterocycles. The van der Waals surface area contributed by atoms with Crippen LogP contribution in [0.2, 0.25) is 5.02 Å². The third-order valence-corrected chi connectivity index (χ3v) is 2.82. The molecule has 1 unspecified atom stereocenters. The van der Waals surface area contributed by atoms with Crippen LogP contribution in [0.4, 0.5) is 5.69 Å². The molecule has 1 N–H and O–H groups in total. The quantitative estimate of drug-likeness (QED) is 0.619. The molecule has 0 saturated carbocycles. The molecule has 5 nitrogen and oxygen atoms in total. The number of benzene rings is 1. The highest BCUT2D eigenvalue weighted by atomic mass is 35.5. The van der Waals surface area contributed by atoms with E-state index in [1.807, 2.05) is 14.0 Å². The molecule has 19 heavy (non-hydrogen) atoms. The first kappa shape index (κ1) is 18.0. The number of hydrogen-bond acceptors (Lipinski definition) is 4. The van der Waals surface area contributed by atoms with Gasteiger partial charge in [0.15, 0.2) is 5.75 Å². The Morgan fingerprint density at radius 3 is 2.74 bits per heavy atom. The first-order chi connectivity index (χ1) is 8.58. The van der Waals surface area contributed by atoms with Crippen LogP contribution in [0, 0.1) is 10.1 Å². The first-order valence-corrected chi connectivity index (χ1v) is 6.21. The van der Waals surface area contributed by atoms with Crippen molar-refractivity contribution in [2.75, 3.05) is 13.6 Å².